The quantitative estimate of drug-likeness (QED) is 0.693. The zero-order chi connectivity index (χ0) is 10.3. The number of carboxylic acids is 2. The Hall–Kier alpha value is 1.16. The minimum Gasteiger partial charge on any atom is -2.00 e. The van der Waals surface area contributed by atoms with Crippen LogP contribution in [-0.4, -0.2) is 91.3 Å². The van der Waals surface area contributed by atoms with Crippen molar-refractivity contribution in [2.45, 2.75) is 27.7 Å². The van der Waals surface area contributed by atoms with E-state index in [4.69, 9.17) is 10.2 Å². The second kappa shape index (κ2) is 25.9. The summed E-state index contributed by atoms with van der Waals surface area (Å²) in [6.45, 7) is 6.56. The third kappa shape index (κ3) is 47.0. The number of rotatable bonds is 2. The summed E-state index contributed by atoms with van der Waals surface area (Å²) in [7, 11) is 0. The van der Waals surface area contributed by atoms with Crippen LogP contribution in [0.1, 0.15) is 27.7 Å². The summed E-state index contributed by atoms with van der Waals surface area (Å²) >= 11 is 0. The van der Waals surface area contributed by atoms with Gasteiger partial charge in [0.1, 0.15) is 0 Å². The monoisotopic (exact) mass is 280 g/mol. The molecule has 9 heteroatoms. The van der Waals surface area contributed by atoms with E-state index in [0.29, 0.717) is 0 Å². The van der Waals surface area contributed by atoms with E-state index in [-0.39, 0.29) is 91.9 Å². The van der Waals surface area contributed by atoms with Crippen LogP contribution in [0, 0.1) is 11.8 Å². The van der Waals surface area contributed by atoms with Crippen LogP contribution in [0.3, 0.4) is 0 Å². The van der Waals surface area contributed by atoms with Crippen molar-refractivity contribution in [1.29, 1.82) is 0 Å². The first-order valence-electron chi connectivity index (χ1n) is 3.74. The molecule has 0 saturated carbocycles. The Bertz CT molecular complexity index is 145. The molecule has 0 unspecified atom stereocenters. The Kier molecular flexibility index (Phi) is 65.4. The van der Waals surface area contributed by atoms with Crippen LogP contribution in [0.4, 0.5) is 0 Å². The number of hydrogen-bond acceptors (Lipinski definition) is 2. The van der Waals surface area contributed by atoms with Gasteiger partial charge in [-0.3, -0.25) is 9.59 Å². The van der Waals surface area contributed by atoms with E-state index in [1.165, 1.54) is 0 Å². The van der Waals surface area contributed by atoms with Crippen LogP contribution in [0.25, 0.3) is 0 Å². The first-order valence-corrected chi connectivity index (χ1v) is 3.74. The minimum absolute atomic E-state index is 0. The molecule has 0 fully saturated rings. The SMILES string of the molecule is CC(C)C(=O)O.CC(C)C(=O)O.[Mg+2].[Mg+2].[Mg+2].[O-2].[O-2]. The molecular formula is C8H16Mg3O6+2. The molecule has 17 heavy (non-hydrogen) atoms. The molecule has 0 aromatic heterocycles. The Morgan fingerprint density at radius 1 is 0.706 bits per heavy atom. The van der Waals surface area contributed by atoms with Gasteiger partial charge >= 0.3 is 81.1 Å². The van der Waals surface area contributed by atoms with Crippen LogP contribution in [0.5, 0.6) is 0 Å². The van der Waals surface area contributed by atoms with Gasteiger partial charge in [-0.1, -0.05) is 27.7 Å². The summed E-state index contributed by atoms with van der Waals surface area (Å²) in [6, 6.07) is 0. The van der Waals surface area contributed by atoms with Crippen LogP contribution in [0.2, 0.25) is 0 Å². The maximum Gasteiger partial charge on any atom is 2.00 e. The molecule has 0 spiro atoms. The van der Waals surface area contributed by atoms with Crippen molar-refractivity contribution in [2.75, 3.05) is 0 Å². The molecule has 0 aliphatic carbocycles. The average molecular weight is 281 g/mol. The molecule has 0 aromatic carbocycles. The van der Waals surface area contributed by atoms with E-state index in [1.54, 1.807) is 27.7 Å². The van der Waals surface area contributed by atoms with Crippen LogP contribution >= 0.6 is 0 Å². The molecule has 0 rings (SSSR count). The van der Waals surface area contributed by atoms with Crippen LogP contribution in [0.15, 0.2) is 0 Å². The van der Waals surface area contributed by atoms with Crippen molar-refractivity contribution in [1.82, 2.24) is 0 Å². The van der Waals surface area contributed by atoms with Crippen LogP contribution in [-0.2, 0) is 20.5 Å². The molecule has 88 valence electrons. The van der Waals surface area contributed by atoms with Gasteiger partial charge in [0, 0.05) is 0 Å². The van der Waals surface area contributed by atoms with Gasteiger partial charge in [-0.15, -0.1) is 0 Å². The van der Waals surface area contributed by atoms with Crippen molar-refractivity contribution in [2.24, 2.45) is 11.8 Å². The van der Waals surface area contributed by atoms with Gasteiger partial charge in [0.05, 0.1) is 11.8 Å². The molecule has 0 saturated heterocycles. The summed E-state index contributed by atoms with van der Waals surface area (Å²) in [5.41, 5.74) is 0. The average Bonchev–Trinajstić information content (AvgIpc) is 1.88. The van der Waals surface area contributed by atoms with Gasteiger partial charge in [0.2, 0.25) is 0 Å². The predicted octanol–water partition coefficient (Wildman–Crippen LogP) is 0.0740. The minimum atomic E-state index is -0.741. The maximum atomic E-state index is 9.70. The first-order chi connectivity index (χ1) is 5.29. The number of carboxylic acid groups (broad SMARTS) is 2. The molecule has 0 heterocycles. The molecule has 0 bridgehead atoms. The summed E-state index contributed by atoms with van der Waals surface area (Å²) in [6.07, 6.45) is 0. The fourth-order valence-electron chi connectivity index (χ4n) is 0. The summed E-state index contributed by atoms with van der Waals surface area (Å²) in [5.74, 6) is -1.94. The Labute approximate surface area is 150 Å². The zero-order valence-corrected chi connectivity index (χ0v) is 15.0. The van der Waals surface area contributed by atoms with Crippen molar-refractivity contribution in [3.05, 3.63) is 0 Å². The molecule has 2 N–H and O–H groups in total. The van der Waals surface area contributed by atoms with Crippen molar-refractivity contribution >= 4 is 81.1 Å². The van der Waals surface area contributed by atoms with E-state index < -0.39 is 11.9 Å². The van der Waals surface area contributed by atoms with Gasteiger partial charge < -0.3 is 21.2 Å². The number of hydrogen-bond donors (Lipinski definition) is 2. The predicted molar refractivity (Wildman–Crippen MR) is 63.6 cm³/mol. The van der Waals surface area contributed by atoms with Crippen molar-refractivity contribution in [3.63, 3.8) is 0 Å². The third-order valence-corrected chi connectivity index (χ3v) is 0.988. The molecular weight excluding hydrogens is 265 g/mol. The number of carbonyl (C=O) groups is 2. The second-order valence-corrected chi connectivity index (χ2v) is 2.99. The third-order valence-electron chi connectivity index (χ3n) is 0.988. The smallest absolute Gasteiger partial charge is 2.00 e. The number of aliphatic carboxylic acids is 2. The summed E-state index contributed by atoms with van der Waals surface area (Å²) in [5, 5.41) is 16.0. The van der Waals surface area contributed by atoms with Gasteiger partial charge in [-0.05, 0) is 0 Å². The van der Waals surface area contributed by atoms with E-state index in [1.807, 2.05) is 0 Å². The molecule has 0 aliphatic rings. The standard InChI is InChI=1S/2C4H8O2.3Mg.2O/c2*1-3(2)4(5)6;;;;;/h2*3H,1-2H3,(H,5,6);;;;;/q;;3*+2;2*-2. The maximum absolute atomic E-state index is 9.70. The van der Waals surface area contributed by atoms with Gasteiger partial charge in [0.15, 0.2) is 0 Å². The second-order valence-electron chi connectivity index (χ2n) is 2.99. The summed E-state index contributed by atoms with van der Waals surface area (Å²) < 4.78 is 0. The molecule has 0 aromatic rings. The largest absolute Gasteiger partial charge is 2.00 e. The topological polar surface area (TPSA) is 132 Å². The fraction of sp³-hybridized carbons (Fsp3) is 0.750. The Morgan fingerprint density at radius 2 is 0.765 bits per heavy atom. The van der Waals surface area contributed by atoms with Crippen LogP contribution < -0.4 is 0 Å². The van der Waals surface area contributed by atoms with Gasteiger partial charge in [-0.25, -0.2) is 0 Å². The van der Waals surface area contributed by atoms with Gasteiger partial charge in [0.25, 0.3) is 0 Å². The Morgan fingerprint density at radius 3 is 0.765 bits per heavy atom. The molecule has 0 radical (unpaired) electrons. The zero-order valence-electron chi connectivity index (χ0n) is 10.8. The molecule has 6 nitrogen and oxygen atoms in total. The van der Waals surface area contributed by atoms with E-state index in [9.17, 15) is 9.59 Å². The van der Waals surface area contributed by atoms with Gasteiger partial charge in [-0.2, -0.15) is 0 Å². The first kappa shape index (κ1) is 42.9. The fourth-order valence-corrected chi connectivity index (χ4v) is 0. The van der Waals surface area contributed by atoms with E-state index >= 15 is 0 Å². The molecule has 0 atom stereocenters. The van der Waals surface area contributed by atoms with E-state index in [2.05, 4.69) is 0 Å². The van der Waals surface area contributed by atoms with Crippen molar-refractivity contribution < 1.29 is 30.8 Å². The summed E-state index contributed by atoms with van der Waals surface area (Å²) in [4.78, 5) is 19.4. The molecule has 0 amide bonds. The van der Waals surface area contributed by atoms with Crippen molar-refractivity contribution in [3.8, 4) is 0 Å². The van der Waals surface area contributed by atoms with E-state index in [0.717, 1.165) is 0 Å². The Balaban J connectivity index is -0.0000000182. The molecule has 0 aliphatic heterocycles. The normalized spacial score (nSPS) is 6.47.